The largest absolute Gasteiger partial charge is 0.454 e. The number of amides is 1. The van der Waals surface area contributed by atoms with Gasteiger partial charge in [-0.2, -0.15) is 0 Å². The standard InChI is InChI=1S/C13H13N5O3/c14-9-4-11-10(20-7-21-11)3-8(9)13(19)17-1-2-18-6-15-16-12(18)5-17/h3-4,6H,1-2,5,7,14H2. The Morgan fingerprint density at radius 3 is 2.90 bits per heavy atom. The fraction of sp³-hybridized carbons (Fsp3) is 0.308. The molecule has 0 atom stereocenters. The molecule has 2 N–H and O–H groups in total. The van der Waals surface area contributed by atoms with Gasteiger partial charge in [0.2, 0.25) is 6.79 Å². The highest BCUT2D eigenvalue weighted by molar-refractivity contribution is 6.00. The predicted molar refractivity (Wildman–Crippen MR) is 71.7 cm³/mol. The third kappa shape index (κ3) is 1.87. The van der Waals surface area contributed by atoms with Crippen molar-refractivity contribution >= 4 is 11.6 Å². The van der Waals surface area contributed by atoms with E-state index in [0.717, 1.165) is 5.82 Å². The van der Waals surface area contributed by atoms with Gasteiger partial charge in [-0.1, -0.05) is 0 Å². The number of nitrogens with zero attached hydrogens (tertiary/aromatic N) is 4. The Balaban J connectivity index is 1.64. The average Bonchev–Trinajstić information content (AvgIpc) is 3.12. The van der Waals surface area contributed by atoms with Crippen LogP contribution in [-0.2, 0) is 13.1 Å². The first-order chi connectivity index (χ1) is 10.2. The van der Waals surface area contributed by atoms with Crippen LogP contribution in [0.2, 0.25) is 0 Å². The summed E-state index contributed by atoms with van der Waals surface area (Å²) in [5, 5.41) is 7.86. The molecule has 0 aliphatic carbocycles. The zero-order valence-corrected chi connectivity index (χ0v) is 11.2. The van der Waals surface area contributed by atoms with Crippen molar-refractivity contribution in [1.29, 1.82) is 0 Å². The Hall–Kier alpha value is -2.77. The number of carbonyl (C=O) groups is 1. The summed E-state index contributed by atoms with van der Waals surface area (Å²) in [5.74, 6) is 1.75. The number of nitrogens with two attached hydrogens (primary N) is 1. The van der Waals surface area contributed by atoms with Gasteiger partial charge in [0, 0.05) is 24.8 Å². The van der Waals surface area contributed by atoms with Gasteiger partial charge in [-0.05, 0) is 6.07 Å². The monoisotopic (exact) mass is 287 g/mol. The zero-order valence-electron chi connectivity index (χ0n) is 11.2. The maximum Gasteiger partial charge on any atom is 0.256 e. The van der Waals surface area contributed by atoms with Crippen molar-refractivity contribution in [3.05, 3.63) is 29.8 Å². The van der Waals surface area contributed by atoms with E-state index in [2.05, 4.69) is 10.2 Å². The van der Waals surface area contributed by atoms with Crippen molar-refractivity contribution in [1.82, 2.24) is 19.7 Å². The lowest BCUT2D eigenvalue weighted by Gasteiger charge is -2.27. The molecular weight excluding hydrogens is 274 g/mol. The van der Waals surface area contributed by atoms with Gasteiger partial charge in [-0.15, -0.1) is 10.2 Å². The van der Waals surface area contributed by atoms with Gasteiger partial charge in [0.25, 0.3) is 5.91 Å². The first kappa shape index (κ1) is 12.0. The van der Waals surface area contributed by atoms with Crippen LogP contribution in [0.3, 0.4) is 0 Å². The van der Waals surface area contributed by atoms with Gasteiger partial charge in [-0.25, -0.2) is 0 Å². The number of anilines is 1. The van der Waals surface area contributed by atoms with Crippen LogP contribution in [0.4, 0.5) is 5.69 Å². The van der Waals surface area contributed by atoms with Crippen molar-refractivity contribution in [2.75, 3.05) is 19.1 Å². The molecule has 2 aromatic rings. The second-order valence-electron chi connectivity index (χ2n) is 4.96. The maximum atomic E-state index is 12.6. The number of rotatable bonds is 1. The van der Waals surface area contributed by atoms with E-state index in [1.165, 1.54) is 0 Å². The third-order valence-corrected chi connectivity index (χ3v) is 3.70. The van der Waals surface area contributed by atoms with E-state index in [4.69, 9.17) is 15.2 Å². The summed E-state index contributed by atoms with van der Waals surface area (Å²) in [4.78, 5) is 14.4. The normalized spacial score (nSPS) is 15.9. The molecule has 1 aromatic carbocycles. The lowest BCUT2D eigenvalue weighted by molar-refractivity contribution is 0.0708. The summed E-state index contributed by atoms with van der Waals surface area (Å²) in [6.45, 7) is 1.85. The molecule has 0 saturated heterocycles. The fourth-order valence-corrected chi connectivity index (χ4v) is 2.55. The second-order valence-corrected chi connectivity index (χ2v) is 4.96. The number of carbonyl (C=O) groups excluding carboxylic acids is 1. The smallest absolute Gasteiger partial charge is 0.256 e. The van der Waals surface area contributed by atoms with E-state index < -0.39 is 0 Å². The lowest BCUT2D eigenvalue weighted by Crippen LogP contribution is -2.38. The molecule has 0 saturated carbocycles. The molecule has 2 aliphatic rings. The molecular formula is C13H13N5O3. The van der Waals surface area contributed by atoms with Gasteiger partial charge < -0.3 is 24.7 Å². The van der Waals surface area contributed by atoms with Gasteiger partial charge in [-0.3, -0.25) is 4.79 Å². The average molecular weight is 287 g/mol. The summed E-state index contributed by atoms with van der Waals surface area (Å²) in [6, 6.07) is 3.27. The Kier molecular flexibility index (Phi) is 2.50. The van der Waals surface area contributed by atoms with Crippen LogP contribution in [0.5, 0.6) is 11.5 Å². The van der Waals surface area contributed by atoms with E-state index in [9.17, 15) is 4.79 Å². The molecule has 0 bridgehead atoms. The van der Waals surface area contributed by atoms with Crippen LogP contribution in [-0.4, -0.2) is 38.9 Å². The number of aromatic nitrogens is 3. The topological polar surface area (TPSA) is 95.5 Å². The molecule has 0 unspecified atom stereocenters. The molecule has 8 nitrogen and oxygen atoms in total. The maximum absolute atomic E-state index is 12.6. The molecule has 0 spiro atoms. The van der Waals surface area contributed by atoms with Crippen molar-refractivity contribution in [2.24, 2.45) is 0 Å². The van der Waals surface area contributed by atoms with E-state index >= 15 is 0 Å². The van der Waals surface area contributed by atoms with E-state index in [0.29, 0.717) is 42.4 Å². The number of benzene rings is 1. The molecule has 1 amide bonds. The molecule has 0 fully saturated rings. The van der Waals surface area contributed by atoms with Gasteiger partial charge in [0.15, 0.2) is 17.3 Å². The minimum absolute atomic E-state index is 0.139. The highest BCUT2D eigenvalue weighted by Gasteiger charge is 2.26. The van der Waals surface area contributed by atoms with Gasteiger partial charge >= 0.3 is 0 Å². The number of hydrogen-bond acceptors (Lipinski definition) is 6. The first-order valence-corrected chi connectivity index (χ1v) is 6.57. The Labute approximate surface area is 120 Å². The summed E-state index contributed by atoms with van der Waals surface area (Å²) in [6.07, 6.45) is 1.67. The third-order valence-electron chi connectivity index (χ3n) is 3.70. The minimum Gasteiger partial charge on any atom is -0.454 e. The number of ether oxygens (including phenoxy) is 2. The zero-order chi connectivity index (χ0) is 14.4. The van der Waals surface area contributed by atoms with Crippen molar-refractivity contribution in [3.63, 3.8) is 0 Å². The Morgan fingerprint density at radius 1 is 1.24 bits per heavy atom. The van der Waals surface area contributed by atoms with E-state index in [1.54, 1.807) is 23.4 Å². The SMILES string of the molecule is Nc1cc2c(cc1C(=O)N1CCn3cnnc3C1)OCO2. The molecule has 2 aliphatic heterocycles. The molecule has 4 rings (SSSR count). The number of hydrogen-bond donors (Lipinski definition) is 1. The summed E-state index contributed by atoms with van der Waals surface area (Å²) >= 11 is 0. The number of fused-ring (bicyclic) bond motifs is 2. The molecule has 108 valence electrons. The van der Waals surface area contributed by atoms with Crippen LogP contribution in [0, 0.1) is 0 Å². The lowest BCUT2D eigenvalue weighted by atomic mass is 10.1. The molecule has 1 aromatic heterocycles. The van der Waals surface area contributed by atoms with Crippen molar-refractivity contribution in [2.45, 2.75) is 13.1 Å². The molecule has 0 radical (unpaired) electrons. The van der Waals surface area contributed by atoms with Gasteiger partial charge in [0.1, 0.15) is 6.33 Å². The van der Waals surface area contributed by atoms with Crippen LogP contribution >= 0.6 is 0 Å². The highest BCUT2D eigenvalue weighted by Crippen LogP contribution is 2.36. The van der Waals surface area contributed by atoms with Crippen LogP contribution in [0.25, 0.3) is 0 Å². The Bertz CT molecular complexity index is 727. The summed E-state index contributed by atoms with van der Waals surface area (Å²) in [7, 11) is 0. The van der Waals surface area contributed by atoms with Gasteiger partial charge in [0.05, 0.1) is 12.1 Å². The summed E-state index contributed by atoms with van der Waals surface area (Å²) < 4.78 is 12.5. The quantitative estimate of drug-likeness (QED) is 0.755. The molecule has 21 heavy (non-hydrogen) atoms. The fourth-order valence-electron chi connectivity index (χ4n) is 2.55. The van der Waals surface area contributed by atoms with Crippen molar-refractivity contribution < 1.29 is 14.3 Å². The van der Waals surface area contributed by atoms with Crippen molar-refractivity contribution in [3.8, 4) is 11.5 Å². The van der Waals surface area contributed by atoms with E-state index in [1.807, 2.05) is 4.57 Å². The number of nitrogen functional groups attached to an aromatic ring is 1. The Morgan fingerprint density at radius 2 is 2.05 bits per heavy atom. The second kappa shape index (κ2) is 4.37. The van der Waals surface area contributed by atoms with Crippen LogP contribution in [0.1, 0.15) is 16.2 Å². The van der Waals surface area contributed by atoms with Crippen LogP contribution in [0.15, 0.2) is 18.5 Å². The van der Waals surface area contributed by atoms with E-state index in [-0.39, 0.29) is 12.7 Å². The first-order valence-electron chi connectivity index (χ1n) is 6.57. The summed E-state index contributed by atoms with van der Waals surface area (Å²) in [5.41, 5.74) is 6.77. The predicted octanol–water partition coefficient (Wildman–Crippen LogP) is 0.245. The van der Waals surface area contributed by atoms with Crippen LogP contribution < -0.4 is 15.2 Å². The highest BCUT2D eigenvalue weighted by atomic mass is 16.7. The molecule has 8 heteroatoms. The minimum atomic E-state index is -0.139. The molecule has 3 heterocycles.